The Labute approximate surface area is 90.6 Å². The molecule has 1 amide bonds. The second-order valence-corrected chi connectivity index (χ2v) is 6.06. The summed E-state index contributed by atoms with van der Waals surface area (Å²) in [7, 11) is 1.89. The Bertz CT molecular complexity index is 207. The Morgan fingerprint density at radius 2 is 2.21 bits per heavy atom. The van der Waals surface area contributed by atoms with E-state index in [0.717, 1.165) is 18.2 Å². The van der Waals surface area contributed by atoms with Crippen LogP contribution >= 0.6 is 11.8 Å². The number of hydrogen-bond acceptors (Lipinski definition) is 3. The summed E-state index contributed by atoms with van der Waals surface area (Å²) < 4.78 is 0. The van der Waals surface area contributed by atoms with Crippen LogP contribution in [0.2, 0.25) is 0 Å². The number of likely N-dealkylation sites (N-methyl/N-ethyl adjacent to an activating group) is 1. The first kappa shape index (κ1) is 11.9. The van der Waals surface area contributed by atoms with Gasteiger partial charge in [-0.2, -0.15) is 0 Å². The van der Waals surface area contributed by atoms with Crippen LogP contribution in [0.25, 0.3) is 0 Å². The van der Waals surface area contributed by atoms with E-state index in [1.54, 1.807) is 11.8 Å². The number of nitrogens with one attached hydrogen (secondary N) is 1. The smallest absolute Gasteiger partial charge is 0.240 e. The highest BCUT2D eigenvalue weighted by Gasteiger charge is 2.27. The molecule has 4 heteroatoms. The van der Waals surface area contributed by atoms with Gasteiger partial charge in [0.2, 0.25) is 5.91 Å². The Kier molecular flexibility index (Phi) is 3.84. The van der Waals surface area contributed by atoms with Crippen molar-refractivity contribution in [3.05, 3.63) is 0 Å². The van der Waals surface area contributed by atoms with E-state index in [2.05, 4.69) is 26.1 Å². The summed E-state index contributed by atoms with van der Waals surface area (Å²) in [5, 5.41) is 3.19. The van der Waals surface area contributed by atoms with E-state index < -0.39 is 0 Å². The zero-order valence-corrected chi connectivity index (χ0v) is 10.3. The van der Waals surface area contributed by atoms with Crippen molar-refractivity contribution in [1.29, 1.82) is 0 Å². The van der Waals surface area contributed by atoms with Crippen molar-refractivity contribution in [1.82, 2.24) is 10.2 Å². The predicted octanol–water partition coefficient (Wildman–Crippen LogP) is 1.15. The highest BCUT2D eigenvalue weighted by atomic mass is 32.2. The molecule has 0 radical (unpaired) electrons. The third-order valence-corrected chi connectivity index (χ3v) is 3.04. The summed E-state index contributed by atoms with van der Waals surface area (Å²) in [5.41, 5.74) is 0.177. The fraction of sp³-hybridized carbons (Fsp3) is 0.900. The van der Waals surface area contributed by atoms with Crippen molar-refractivity contribution < 1.29 is 4.79 Å². The Morgan fingerprint density at radius 3 is 2.64 bits per heavy atom. The lowest BCUT2D eigenvalue weighted by Gasteiger charge is -2.28. The fourth-order valence-electron chi connectivity index (χ4n) is 1.61. The molecule has 1 fully saturated rings. The lowest BCUT2D eigenvalue weighted by atomic mass is 9.96. The molecule has 0 aromatic carbocycles. The molecule has 0 aliphatic carbocycles. The first-order valence-electron chi connectivity index (χ1n) is 4.96. The Morgan fingerprint density at radius 1 is 1.57 bits per heavy atom. The molecule has 0 unspecified atom stereocenters. The molecule has 1 rings (SSSR count). The Hall–Kier alpha value is -0.220. The van der Waals surface area contributed by atoms with Gasteiger partial charge in [0.25, 0.3) is 0 Å². The molecule has 1 aliphatic rings. The van der Waals surface area contributed by atoms with E-state index in [-0.39, 0.29) is 17.4 Å². The van der Waals surface area contributed by atoms with Crippen LogP contribution in [0.4, 0.5) is 0 Å². The standard InChI is InChI=1S/C10H20N2OS/c1-10(2,3)6-12(4)9(13)8-5-14-7-11-8/h8,11H,5-7H2,1-4H3/t8-/m1/s1. The van der Waals surface area contributed by atoms with Gasteiger partial charge in [0.05, 0.1) is 6.04 Å². The molecule has 1 saturated heterocycles. The second kappa shape index (κ2) is 4.53. The molecule has 0 saturated carbocycles. The van der Waals surface area contributed by atoms with Crippen LogP contribution in [0.1, 0.15) is 20.8 Å². The van der Waals surface area contributed by atoms with Gasteiger partial charge in [-0.25, -0.2) is 0 Å². The highest BCUT2D eigenvalue weighted by molar-refractivity contribution is 7.99. The van der Waals surface area contributed by atoms with E-state index in [4.69, 9.17) is 0 Å². The summed E-state index contributed by atoms with van der Waals surface area (Å²) in [6.07, 6.45) is 0. The minimum Gasteiger partial charge on any atom is -0.344 e. The van der Waals surface area contributed by atoms with Crippen molar-refractivity contribution in [2.45, 2.75) is 26.8 Å². The zero-order valence-electron chi connectivity index (χ0n) is 9.46. The van der Waals surface area contributed by atoms with Gasteiger partial charge in [-0.1, -0.05) is 20.8 Å². The van der Waals surface area contributed by atoms with Crippen molar-refractivity contribution >= 4 is 17.7 Å². The highest BCUT2D eigenvalue weighted by Crippen LogP contribution is 2.17. The van der Waals surface area contributed by atoms with Gasteiger partial charge < -0.3 is 4.90 Å². The van der Waals surface area contributed by atoms with Gasteiger partial charge in [-0.15, -0.1) is 11.8 Å². The maximum Gasteiger partial charge on any atom is 0.240 e. The first-order chi connectivity index (χ1) is 6.40. The molecule has 1 atom stereocenters. The van der Waals surface area contributed by atoms with Crippen LogP contribution in [0, 0.1) is 5.41 Å². The van der Waals surface area contributed by atoms with Gasteiger partial charge >= 0.3 is 0 Å². The van der Waals surface area contributed by atoms with Crippen LogP contribution < -0.4 is 5.32 Å². The average molecular weight is 216 g/mol. The van der Waals surface area contributed by atoms with Crippen molar-refractivity contribution in [2.24, 2.45) is 5.41 Å². The SMILES string of the molecule is CN(CC(C)(C)C)C(=O)[C@H]1CSCN1. The predicted molar refractivity (Wildman–Crippen MR) is 61.3 cm³/mol. The van der Waals surface area contributed by atoms with Crippen LogP contribution in [-0.2, 0) is 4.79 Å². The van der Waals surface area contributed by atoms with Gasteiger partial charge in [-0.05, 0) is 5.41 Å². The molecule has 14 heavy (non-hydrogen) atoms. The topological polar surface area (TPSA) is 32.3 Å². The minimum atomic E-state index is 0.0346. The maximum atomic E-state index is 11.9. The molecular formula is C10H20N2OS. The number of amides is 1. The van der Waals surface area contributed by atoms with Crippen molar-refractivity contribution in [2.75, 3.05) is 25.2 Å². The maximum absolute atomic E-state index is 11.9. The minimum absolute atomic E-state index is 0.0346. The zero-order chi connectivity index (χ0) is 10.8. The molecule has 0 aromatic rings. The van der Waals surface area contributed by atoms with E-state index in [1.807, 2.05) is 11.9 Å². The summed E-state index contributed by atoms with van der Waals surface area (Å²) >= 11 is 1.79. The average Bonchev–Trinajstić information content (AvgIpc) is 2.51. The summed E-state index contributed by atoms with van der Waals surface area (Å²) in [6.45, 7) is 7.25. The van der Waals surface area contributed by atoms with Gasteiger partial charge in [0, 0.05) is 25.2 Å². The summed E-state index contributed by atoms with van der Waals surface area (Å²) in [5.74, 6) is 2.04. The molecule has 1 heterocycles. The van der Waals surface area contributed by atoms with E-state index in [0.29, 0.717) is 0 Å². The molecule has 1 N–H and O–H groups in total. The summed E-state index contributed by atoms with van der Waals surface area (Å²) in [4.78, 5) is 13.7. The van der Waals surface area contributed by atoms with E-state index in [9.17, 15) is 4.79 Å². The van der Waals surface area contributed by atoms with Crippen LogP contribution in [0.5, 0.6) is 0 Å². The first-order valence-corrected chi connectivity index (χ1v) is 6.12. The number of carbonyl (C=O) groups is 1. The van der Waals surface area contributed by atoms with Crippen LogP contribution in [0.15, 0.2) is 0 Å². The number of rotatable bonds is 2. The molecule has 82 valence electrons. The van der Waals surface area contributed by atoms with Gasteiger partial charge in [-0.3, -0.25) is 10.1 Å². The normalized spacial score (nSPS) is 22.4. The van der Waals surface area contributed by atoms with E-state index in [1.165, 1.54) is 0 Å². The lowest BCUT2D eigenvalue weighted by Crippen LogP contribution is -2.45. The monoisotopic (exact) mass is 216 g/mol. The number of thioether (sulfide) groups is 1. The molecule has 0 spiro atoms. The van der Waals surface area contributed by atoms with Crippen LogP contribution in [0.3, 0.4) is 0 Å². The van der Waals surface area contributed by atoms with Gasteiger partial charge in [0.15, 0.2) is 0 Å². The lowest BCUT2D eigenvalue weighted by molar-refractivity contribution is -0.132. The number of carbonyl (C=O) groups excluding carboxylic acids is 1. The van der Waals surface area contributed by atoms with Crippen molar-refractivity contribution in [3.63, 3.8) is 0 Å². The second-order valence-electron chi connectivity index (χ2n) is 5.03. The van der Waals surface area contributed by atoms with Gasteiger partial charge in [0.1, 0.15) is 0 Å². The third kappa shape index (κ3) is 3.50. The third-order valence-electron chi connectivity index (χ3n) is 2.10. The Balaban J connectivity index is 2.43. The molecule has 3 nitrogen and oxygen atoms in total. The number of nitrogens with zero attached hydrogens (tertiary/aromatic N) is 1. The largest absolute Gasteiger partial charge is 0.344 e. The van der Waals surface area contributed by atoms with Crippen molar-refractivity contribution in [3.8, 4) is 0 Å². The molecule has 1 aliphatic heterocycles. The fourth-order valence-corrected chi connectivity index (χ4v) is 2.54. The summed E-state index contributed by atoms with van der Waals surface area (Å²) in [6, 6.07) is 0.0346. The molecule has 0 bridgehead atoms. The van der Waals surface area contributed by atoms with E-state index >= 15 is 0 Å². The number of hydrogen-bond donors (Lipinski definition) is 1. The quantitative estimate of drug-likeness (QED) is 0.751. The van der Waals surface area contributed by atoms with Crippen LogP contribution in [-0.4, -0.2) is 42.1 Å². The molecular weight excluding hydrogens is 196 g/mol. The molecule has 0 aromatic heterocycles.